The molecule has 4 rings (SSSR count). The Kier molecular flexibility index (Phi) is 4.43. The molecule has 2 atom stereocenters. The van der Waals surface area contributed by atoms with Crippen molar-refractivity contribution < 1.29 is 9.90 Å². The van der Waals surface area contributed by atoms with Crippen molar-refractivity contribution in [3.8, 4) is 5.75 Å². The van der Waals surface area contributed by atoms with Gasteiger partial charge in [0, 0.05) is 5.71 Å². The summed E-state index contributed by atoms with van der Waals surface area (Å²) < 4.78 is 0. The van der Waals surface area contributed by atoms with Gasteiger partial charge in [-0.15, -0.1) is 0 Å². The first-order valence-corrected chi connectivity index (χ1v) is 9.28. The molecule has 130 valence electrons. The van der Waals surface area contributed by atoms with Crippen molar-refractivity contribution >= 4 is 22.4 Å². The van der Waals surface area contributed by atoms with E-state index in [0.717, 1.165) is 41.2 Å². The van der Waals surface area contributed by atoms with Crippen LogP contribution in [0.5, 0.6) is 5.75 Å². The lowest BCUT2D eigenvalue weighted by Gasteiger charge is -2.35. The minimum absolute atomic E-state index is 0.00705. The highest BCUT2D eigenvalue weighted by Crippen LogP contribution is 2.39. The van der Waals surface area contributed by atoms with Crippen LogP contribution in [-0.2, 0) is 0 Å². The standard InChI is InChI=1S/C21H24N2O2/c24-20-13-17-8-4-3-7-16(17)12-19(20)21(25)23-22-18-10-9-14-5-1-2-6-15(14)11-18/h3-4,7-8,12-15,24H,1-2,5-6,9-11H2,(H,23,25)/b22-18-/t14-,15-/m0/s1. The number of nitrogens with one attached hydrogen (secondary N) is 1. The Balaban J connectivity index is 1.48. The van der Waals surface area contributed by atoms with Crippen molar-refractivity contribution in [1.29, 1.82) is 0 Å². The summed E-state index contributed by atoms with van der Waals surface area (Å²) in [6.07, 6.45) is 8.52. The number of hydrogen-bond acceptors (Lipinski definition) is 3. The Morgan fingerprint density at radius 2 is 1.76 bits per heavy atom. The number of rotatable bonds is 2. The van der Waals surface area contributed by atoms with E-state index in [2.05, 4.69) is 10.5 Å². The van der Waals surface area contributed by atoms with E-state index in [4.69, 9.17) is 0 Å². The highest BCUT2D eigenvalue weighted by molar-refractivity contribution is 6.02. The monoisotopic (exact) mass is 336 g/mol. The van der Waals surface area contributed by atoms with Gasteiger partial charge in [-0.2, -0.15) is 5.10 Å². The lowest BCUT2D eigenvalue weighted by atomic mass is 9.70. The Morgan fingerprint density at radius 1 is 1.04 bits per heavy atom. The van der Waals surface area contributed by atoms with E-state index in [9.17, 15) is 9.90 Å². The molecule has 2 aliphatic carbocycles. The molecular weight excluding hydrogens is 312 g/mol. The molecule has 0 aromatic heterocycles. The van der Waals surface area contributed by atoms with Gasteiger partial charge in [-0.05, 0) is 60.4 Å². The number of carbonyl (C=O) groups is 1. The fraction of sp³-hybridized carbons (Fsp3) is 0.429. The SMILES string of the molecule is O=C(N/N=C1/CC[C@@H]2CCCC[C@H]2C1)c1cc2ccccc2cc1O. The molecule has 2 aromatic rings. The number of fused-ring (bicyclic) bond motifs is 2. The van der Waals surface area contributed by atoms with Gasteiger partial charge in [0.15, 0.2) is 0 Å². The van der Waals surface area contributed by atoms with Gasteiger partial charge < -0.3 is 5.11 Å². The second kappa shape index (κ2) is 6.87. The maximum Gasteiger partial charge on any atom is 0.275 e. The highest BCUT2D eigenvalue weighted by atomic mass is 16.3. The highest BCUT2D eigenvalue weighted by Gasteiger charge is 2.30. The van der Waals surface area contributed by atoms with Crippen LogP contribution < -0.4 is 5.43 Å². The number of aromatic hydroxyl groups is 1. The Labute approximate surface area is 147 Å². The van der Waals surface area contributed by atoms with E-state index in [-0.39, 0.29) is 17.2 Å². The zero-order valence-electron chi connectivity index (χ0n) is 14.4. The minimum Gasteiger partial charge on any atom is -0.507 e. The molecule has 4 nitrogen and oxygen atoms in total. The number of hydrogen-bond donors (Lipinski definition) is 2. The third-order valence-electron chi connectivity index (χ3n) is 5.79. The molecule has 4 heteroatoms. The molecule has 0 aliphatic heterocycles. The van der Waals surface area contributed by atoms with Crippen LogP contribution >= 0.6 is 0 Å². The first kappa shape index (κ1) is 16.1. The average molecular weight is 336 g/mol. The lowest BCUT2D eigenvalue weighted by Crippen LogP contribution is -2.29. The summed E-state index contributed by atoms with van der Waals surface area (Å²) in [7, 11) is 0. The third-order valence-corrected chi connectivity index (χ3v) is 5.79. The molecule has 0 heterocycles. The van der Waals surface area contributed by atoms with Crippen LogP contribution in [0.3, 0.4) is 0 Å². The first-order chi connectivity index (χ1) is 12.2. The van der Waals surface area contributed by atoms with Gasteiger partial charge in [-0.3, -0.25) is 4.79 Å². The maximum atomic E-state index is 12.5. The zero-order chi connectivity index (χ0) is 17.2. The van der Waals surface area contributed by atoms with E-state index >= 15 is 0 Å². The normalized spacial score (nSPS) is 24.9. The second-order valence-electron chi connectivity index (χ2n) is 7.38. The molecule has 2 fully saturated rings. The number of benzene rings is 2. The molecule has 0 bridgehead atoms. The predicted molar refractivity (Wildman–Crippen MR) is 99.8 cm³/mol. The van der Waals surface area contributed by atoms with E-state index in [1.165, 1.54) is 32.1 Å². The van der Waals surface area contributed by atoms with Crippen LogP contribution in [0.4, 0.5) is 0 Å². The van der Waals surface area contributed by atoms with Gasteiger partial charge in [0.25, 0.3) is 5.91 Å². The van der Waals surface area contributed by atoms with Crippen molar-refractivity contribution in [2.24, 2.45) is 16.9 Å². The van der Waals surface area contributed by atoms with E-state index < -0.39 is 0 Å². The molecule has 25 heavy (non-hydrogen) atoms. The number of nitrogens with zero attached hydrogens (tertiary/aromatic N) is 1. The largest absolute Gasteiger partial charge is 0.507 e. The fourth-order valence-electron chi connectivity index (χ4n) is 4.39. The van der Waals surface area contributed by atoms with Crippen LogP contribution in [0.15, 0.2) is 41.5 Å². The molecule has 0 spiro atoms. The molecule has 2 saturated carbocycles. The van der Waals surface area contributed by atoms with Gasteiger partial charge in [0.2, 0.25) is 0 Å². The van der Waals surface area contributed by atoms with E-state index in [0.29, 0.717) is 0 Å². The van der Waals surface area contributed by atoms with Gasteiger partial charge in [0.1, 0.15) is 5.75 Å². The van der Waals surface area contributed by atoms with Crippen molar-refractivity contribution in [3.63, 3.8) is 0 Å². The molecule has 0 unspecified atom stereocenters. The van der Waals surface area contributed by atoms with Crippen LogP contribution in [0.2, 0.25) is 0 Å². The summed E-state index contributed by atoms with van der Waals surface area (Å²) in [5.74, 6) is 1.24. The summed E-state index contributed by atoms with van der Waals surface area (Å²) in [4.78, 5) is 12.5. The topological polar surface area (TPSA) is 61.7 Å². The van der Waals surface area contributed by atoms with Crippen LogP contribution in [0.1, 0.15) is 55.3 Å². The van der Waals surface area contributed by atoms with Crippen LogP contribution in [0.25, 0.3) is 10.8 Å². The number of phenolic OH excluding ortho intramolecular Hbond substituents is 1. The number of hydrazone groups is 1. The summed E-state index contributed by atoms with van der Waals surface area (Å²) in [5.41, 5.74) is 4.03. The van der Waals surface area contributed by atoms with Gasteiger partial charge >= 0.3 is 0 Å². The number of phenols is 1. The smallest absolute Gasteiger partial charge is 0.275 e. The Morgan fingerprint density at radius 3 is 2.56 bits per heavy atom. The molecule has 2 aromatic carbocycles. The van der Waals surface area contributed by atoms with Crippen molar-refractivity contribution in [3.05, 3.63) is 42.0 Å². The van der Waals surface area contributed by atoms with Crippen molar-refractivity contribution in [2.75, 3.05) is 0 Å². The summed E-state index contributed by atoms with van der Waals surface area (Å²) >= 11 is 0. The maximum absolute atomic E-state index is 12.5. The van der Waals surface area contributed by atoms with Gasteiger partial charge in [-0.25, -0.2) is 5.43 Å². The van der Waals surface area contributed by atoms with Gasteiger partial charge in [0.05, 0.1) is 5.56 Å². The number of carbonyl (C=O) groups excluding carboxylic acids is 1. The van der Waals surface area contributed by atoms with Crippen LogP contribution in [-0.4, -0.2) is 16.7 Å². The predicted octanol–water partition coefficient (Wildman–Crippen LogP) is 4.62. The van der Waals surface area contributed by atoms with Crippen molar-refractivity contribution in [1.82, 2.24) is 5.43 Å². The Bertz CT molecular complexity index is 828. The Hall–Kier alpha value is -2.36. The summed E-state index contributed by atoms with van der Waals surface area (Å²) in [6, 6.07) is 11.0. The van der Waals surface area contributed by atoms with Gasteiger partial charge in [-0.1, -0.05) is 43.5 Å². The summed E-state index contributed by atoms with van der Waals surface area (Å²) in [5, 5.41) is 16.4. The minimum atomic E-state index is -0.346. The lowest BCUT2D eigenvalue weighted by molar-refractivity contribution is 0.0951. The first-order valence-electron chi connectivity index (χ1n) is 9.28. The van der Waals surface area contributed by atoms with E-state index in [1.54, 1.807) is 12.1 Å². The fourth-order valence-corrected chi connectivity index (χ4v) is 4.39. The molecule has 2 N–H and O–H groups in total. The second-order valence-corrected chi connectivity index (χ2v) is 7.38. The zero-order valence-corrected chi connectivity index (χ0v) is 14.4. The summed E-state index contributed by atoms with van der Waals surface area (Å²) in [6.45, 7) is 0. The molecule has 0 radical (unpaired) electrons. The molecule has 0 saturated heterocycles. The van der Waals surface area contributed by atoms with E-state index in [1.807, 2.05) is 24.3 Å². The quantitative estimate of drug-likeness (QED) is 0.786. The van der Waals surface area contributed by atoms with Crippen molar-refractivity contribution in [2.45, 2.75) is 44.9 Å². The molecule has 1 amide bonds. The van der Waals surface area contributed by atoms with Crippen LogP contribution in [0, 0.1) is 11.8 Å². The number of amides is 1. The molecular formula is C21H24N2O2. The third kappa shape index (κ3) is 3.39. The average Bonchev–Trinajstić information content (AvgIpc) is 2.65. The molecule has 2 aliphatic rings.